The molecular weight excluding hydrogens is 365 g/mol. The van der Waals surface area contributed by atoms with E-state index in [0.717, 1.165) is 0 Å². The fraction of sp³-hybridized carbons (Fsp3) is 1.00. The first-order chi connectivity index (χ1) is 7.45. The van der Waals surface area contributed by atoms with E-state index in [1.807, 2.05) is 22.6 Å². The standard InChI is InChI=1S/C8H19IO5P2/c1-4-12-15(10,7-9)8-16(11,13-5-2)14-6-3/h4-8H2,1-3H3. The summed E-state index contributed by atoms with van der Waals surface area (Å²) in [6.07, 6.45) is 0. The van der Waals surface area contributed by atoms with Gasteiger partial charge >= 0.3 is 7.60 Å². The fourth-order valence-electron chi connectivity index (χ4n) is 1.12. The van der Waals surface area contributed by atoms with Crippen LogP contribution in [0.4, 0.5) is 0 Å². The van der Waals surface area contributed by atoms with Crippen LogP contribution < -0.4 is 0 Å². The van der Waals surface area contributed by atoms with Crippen molar-refractivity contribution in [3.8, 4) is 0 Å². The minimum Gasteiger partial charge on any atom is -0.328 e. The molecule has 0 aromatic heterocycles. The fourth-order valence-corrected chi connectivity index (χ4v) is 8.45. The smallest absolute Gasteiger partial charge is 0.328 e. The minimum absolute atomic E-state index is 0.140. The Morgan fingerprint density at radius 2 is 1.38 bits per heavy atom. The Morgan fingerprint density at radius 1 is 0.938 bits per heavy atom. The zero-order chi connectivity index (χ0) is 12.7. The molecule has 0 radical (unpaired) electrons. The van der Waals surface area contributed by atoms with Crippen LogP contribution >= 0.6 is 37.6 Å². The molecule has 16 heavy (non-hydrogen) atoms. The highest BCUT2D eigenvalue weighted by Crippen LogP contribution is 2.63. The summed E-state index contributed by atoms with van der Waals surface area (Å²) in [5.41, 5.74) is 0. The zero-order valence-corrected chi connectivity index (χ0v) is 13.8. The minimum atomic E-state index is -3.28. The molecule has 0 amide bonds. The van der Waals surface area contributed by atoms with Crippen molar-refractivity contribution >= 4 is 37.6 Å². The predicted octanol–water partition coefficient (Wildman–Crippen LogP) is 3.92. The van der Waals surface area contributed by atoms with Gasteiger partial charge in [-0.2, -0.15) is 0 Å². The summed E-state index contributed by atoms with van der Waals surface area (Å²) in [6.45, 7) is 6.07. The maximum atomic E-state index is 12.2. The Hall–Kier alpha value is 1.07. The lowest BCUT2D eigenvalue weighted by Gasteiger charge is -2.21. The molecule has 0 rings (SSSR count). The first kappa shape index (κ1) is 17.1. The number of alkyl halides is 1. The number of rotatable bonds is 9. The molecule has 0 fully saturated rings. The molecule has 0 saturated heterocycles. The summed E-state index contributed by atoms with van der Waals surface area (Å²) in [5, 5.41) is 0. The van der Waals surface area contributed by atoms with E-state index in [-0.39, 0.29) is 19.1 Å². The van der Waals surface area contributed by atoms with Crippen LogP contribution in [0, 0.1) is 0 Å². The van der Waals surface area contributed by atoms with E-state index in [2.05, 4.69) is 0 Å². The lowest BCUT2D eigenvalue weighted by Crippen LogP contribution is -2.04. The van der Waals surface area contributed by atoms with Crippen LogP contribution in [0.2, 0.25) is 0 Å². The molecule has 1 unspecified atom stereocenters. The summed E-state index contributed by atoms with van der Waals surface area (Å²) in [5.74, 6) is -0.140. The molecule has 0 aromatic carbocycles. The van der Waals surface area contributed by atoms with Crippen LogP contribution in [0.5, 0.6) is 0 Å². The molecule has 0 aliphatic rings. The summed E-state index contributed by atoms with van der Waals surface area (Å²) in [4.78, 5) is 0. The normalized spacial score (nSPS) is 16.0. The largest absolute Gasteiger partial charge is 0.340 e. The van der Waals surface area contributed by atoms with Gasteiger partial charge in [0.05, 0.1) is 24.0 Å². The van der Waals surface area contributed by atoms with Gasteiger partial charge in [0.1, 0.15) is 5.90 Å². The van der Waals surface area contributed by atoms with E-state index in [1.165, 1.54) is 0 Å². The second-order valence-electron chi connectivity index (χ2n) is 2.94. The van der Waals surface area contributed by atoms with Gasteiger partial charge in [-0.25, -0.2) is 0 Å². The van der Waals surface area contributed by atoms with E-state index < -0.39 is 15.0 Å². The molecule has 0 bridgehead atoms. The van der Waals surface area contributed by atoms with Gasteiger partial charge in [-0.3, -0.25) is 9.13 Å². The molecule has 5 nitrogen and oxygen atoms in total. The van der Waals surface area contributed by atoms with Gasteiger partial charge in [0.25, 0.3) is 0 Å². The predicted molar refractivity (Wildman–Crippen MR) is 73.8 cm³/mol. The van der Waals surface area contributed by atoms with Gasteiger partial charge in [0, 0.05) is 0 Å². The summed E-state index contributed by atoms with van der Waals surface area (Å²) >= 11 is 1.97. The first-order valence-corrected chi connectivity index (χ1v) is 10.4. The SMILES string of the molecule is CCOP(=O)(CI)CP(=O)(OCC)OCC. The van der Waals surface area contributed by atoms with Crippen molar-refractivity contribution in [2.24, 2.45) is 0 Å². The van der Waals surface area contributed by atoms with E-state index in [1.54, 1.807) is 20.8 Å². The lowest BCUT2D eigenvalue weighted by molar-refractivity contribution is 0.222. The van der Waals surface area contributed by atoms with Gasteiger partial charge in [0.15, 0.2) is 0 Å². The van der Waals surface area contributed by atoms with Crippen LogP contribution in [-0.4, -0.2) is 29.9 Å². The van der Waals surface area contributed by atoms with E-state index in [4.69, 9.17) is 13.6 Å². The number of hydrogen-bond acceptors (Lipinski definition) is 5. The van der Waals surface area contributed by atoms with Crippen LogP contribution in [-0.2, 0) is 22.7 Å². The highest BCUT2D eigenvalue weighted by atomic mass is 127. The van der Waals surface area contributed by atoms with Gasteiger partial charge in [-0.1, -0.05) is 22.6 Å². The molecule has 1 atom stereocenters. The molecule has 0 heterocycles. The maximum Gasteiger partial charge on any atom is 0.340 e. The van der Waals surface area contributed by atoms with Gasteiger partial charge in [-0.15, -0.1) is 0 Å². The summed E-state index contributed by atoms with van der Waals surface area (Å²) < 4.78 is 40.0. The average molecular weight is 384 g/mol. The second-order valence-corrected chi connectivity index (χ2v) is 9.98. The molecule has 8 heteroatoms. The van der Waals surface area contributed by atoms with Crippen molar-refractivity contribution in [3.63, 3.8) is 0 Å². The third kappa shape index (κ3) is 6.12. The Kier molecular flexibility index (Phi) is 8.77. The summed E-state index contributed by atoms with van der Waals surface area (Å²) in [6, 6.07) is 0. The molecule has 0 spiro atoms. The third-order valence-electron chi connectivity index (χ3n) is 1.59. The van der Waals surface area contributed by atoms with Crippen molar-refractivity contribution < 1.29 is 22.7 Å². The molecule has 98 valence electrons. The summed E-state index contributed by atoms with van der Waals surface area (Å²) in [7, 11) is -6.19. The van der Waals surface area contributed by atoms with E-state index in [9.17, 15) is 9.13 Å². The Morgan fingerprint density at radius 3 is 1.69 bits per heavy atom. The van der Waals surface area contributed by atoms with Crippen molar-refractivity contribution in [3.05, 3.63) is 0 Å². The highest BCUT2D eigenvalue weighted by molar-refractivity contribution is 14.1. The van der Waals surface area contributed by atoms with E-state index >= 15 is 0 Å². The van der Waals surface area contributed by atoms with Gasteiger partial charge in [-0.05, 0) is 20.8 Å². The lowest BCUT2D eigenvalue weighted by atomic mass is 10.9. The first-order valence-electron chi connectivity index (χ1n) is 5.12. The Labute approximate surface area is 111 Å². The molecule has 0 aliphatic heterocycles. The zero-order valence-electron chi connectivity index (χ0n) is 9.85. The van der Waals surface area contributed by atoms with Crippen LogP contribution in [0.3, 0.4) is 0 Å². The quantitative estimate of drug-likeness (QED) is 0.343. The molecular formula is C8H19IO5P2. The van der Waals surface area contributed by atoms with Crippen molar-refractivity contribution in [2.75, 3.05) is 29.9 Å². The number of halogens is 1. The highest BCUT2D eigenvalue weighted by Gasteiger charge is 2.36. The molecule has 0 aliphatic carbocycles. The van der Waals surface area contributed by atoms with Gasteiger partial charge in [0.2, 0.25) is 7.37 Å². The third-order valence-corrected chi connectivity index (χ3v) is 10.2. The number of hydrogen-bond donors (Lipinski definition) is 0. The van der Waals surface area contributed by atoms with Crippen LogP contribution in [0.1, 0.15) is 20.8 Å². The van der Waals surface area contributed by atoms with Crippen LogP contribution in [0.15, 0.2) is 0 Å². The Balaban J connectivity index is 4.71. The average Bonchev–Trinajstić information content (AvgIpc) is 2.18. The second kappa shape index (κ2) is 8.22. The Bertz CT molecular complexity index is 274. The van der Waals surface area contributed by atoms with E-state index in [0.29, 0.717) is 10.8 Å². The van der Waals surface area contributed by atoms with Gasteiger partial charge < -0.3 is 13.6 Å². The topological polar surface area (TPSA) is 61.8 Å². The monoisotopic (exact) mass is 384 g/mol. The van der Waals surface area contributed by atoms with Crippen molar-refractivity contribution in [1.82, 2.24) is 0 Å². The molecule has 0 saturated carbocycles. The van der Waals surface area contributed by atoms with Crippen LogP contribution in [0.25, 0.3) is 0 Å². The molecule has 0 aromatic rings. The van der Waals surface area contributed by atoms with Crippen molar-refractivity contribution in [1.29, 1.82) is 0 Å². The van der Waals surface area contributed by atoms with Crippen molar-refractivity contribution in [2.45, 2.75) is 20.8 Å². The molecule has 0 N–H and O–H groups in total. The maximum absolute atomic E-state index is 12.2.